The fourth-order valence-corrected chi connectivity index (χ4v) is 2.18. The van der Waals surface area contributed by atoms with Gasteiger partial charge < -0.3 is 10.4 Å². The molecule has 0 saturated carbocycles. The predicted octanol–water partition coefficient (Wildman–Crippen LogP) is 1.29. The number of ketones is 1. The standard InChI is InChI=1S/C13H17NO2/c1-9-12(8-15)14-11(7-13(9)16)10-5-3-2-4-6-10/h2-6,9,11-12,14-15H,7-8H2,1H3/t9-,11-,12-/m1/s1. The largest absolute Gasteiger partial charge is 0.395 e. The Bertz CT molecular complexity index is 363. The van der Waals surface area contributed by atoms with E-state index in [9.17, 15) is 9.90 Å². The summed E-state index contributed by atoms with van der Waals surface area (Å²) < 4.78 is 0. The Labute approximate surface area is 95.5 Å². The summed E-state index contributed by atoms with van der Waals surface area (Å²) in [7, 11) is 0. The molecule has 3 nitrogen and oxygen atoms in total. The van der Waals surface area contributed by atoms with E-state index in [-0.39, 0.29) is 30.4 Å². The number of carbonyl (C=O) groups is 1. The van der Waals surface area contributed by atoms with E-state index in [2.05, 4.69) is 5.32 Å². The van der Waals surface area contributed by atoms with Crippen molar-refractivity contribution in [2.45, 2.75) is 25.4 Å². The van der Waals surface area contributed by atoms with Gasteiger partial charge in [-0.1, -0.05) is 37.3 Å². The van der Waals surface area contributed by atoms with Crippen molar-refractivity contribution >= 4 is 5.78 Å². The van der Waals surface area contributed by atoms with Gasteiger partial charge in [-0.2, -0.15) is 0 Å². The quantitative estimate of drug-likeness (QED) is 0.788. The average molecular weight is 219 g/mol. The van der Waals surface area contributed by atoms with Crippen LogP contribution in [0.2, 0.25) is 0 Å². The van der Waals surface area contributed by atoms with Crippen LogP contribution in [-0.2, 0) is 4.79 Å². The van der Waals surface area contributed by atoms with Crippen LogP contribution < -0.4 is 5.32 Å². The highest BCUT2D eigenvalue weighted by Gasteiger charge is 2.33. The SMILES string of the molecule is C[C@H]1C(=O)C[C@H](c2ccccc2)N[C@@H]1CO. The number of aliphatic hydroxyl groups excluding tert-OH is 1. The van der Waals surface area contributed by atoms with Gasteiger partial charge in [-0.15, -0.1) is 0 Å². The van der Waals surface area contributed by atoms with Crippen molar-refractivity contribution in [1.29, 1.82) is 0 Å². The van der Waals surface area contributed by atoms with Crippen LogP contribution in [-0.4, -0.2) is 23.5 Å². The van der Waals surface area contributed by atoms with Crippen molar-refractivity contribution in [3.8, 4) is 0 Å². The first-order valence-corrected chi connectivity index (χ1v) is 5.67. The molecule has 0 bridgehead atoms. The molecular weight excluding hydrogens is 202 g/mol. The number of rotatable bonds is 2. The van der Waals surface area contributed by atoms with E-state index >= 15 is 0 Å². The third-order valence-electron chi connectivity index (χ3n) is 3.33. The average Bonchev–Trinajstić information content (AvgIpc) is 2.33. The molecule has 0 aromatic heterocycles. The molecule has 0 aliphatic carbocycles. The van der Waals surface area contributed by atoms with E-state index in [1.54, 1.807) is 0 Å². The van der Waals surface area contributed by atoms with Crippen LogP contribution in [0.15, 0.2) is 30.3 Å². The van der Waals surface area contributed by atoms with Gasteiger partial charge in [-0.3, -0.25) is 4.79 Å². The Morgan fingerprint density at radius 2 is 2.06 bits per heavy atom. The van der Waals surface area contributed by atoms with Crippen LogP contribution in [0.5, 0.6) is 0 Å². The fraction of sp³-hybridized carbons (Fsp3) is 0.462. The van der Waals surface area contributed by atoms with Gasteiger partial charge in [0.15, 0.2) is 0 Å². The van der Waals surface area contributed by atoms with Gasteiger partial charge in [-0.05, 0) is 5.56 Å². The molecular formula is C13H17NO2. The Morgan fingerprint density at radius 1 is 1.38 bits per heavy atom. The monoisotopic (exact) mass is 219 g/mol. The van der Waals surface area contributed by atoms with Crippen molar-refractivity contribution in [2.24, 2.45) is 5.92 Å². The lowest BCUT2D eigenvalue weighted by molar-refractivity contribution is -0.126. The summed E-state index contributed by atoms with van der Waals surface area (Å²) in [5.41, 5.74) is 1.11. The molecule has 0 spiro atoms. The Kier molecular flexibility index (Phi) is 3.36. The topological polar surface area (TPSA) is 49.3 Å². The van der Waals surface area contributed by atoms with Crippen molar-refractivity contribution in [1.82, 2.24) is 5.32 Å². The minimum Gasteiger partial charge on any atom is -0.395 e. The van der Waals surface area contributed by atoms with Gasteiger partial charge in [0.05, 0.1) is 6.61 Å². The molecule has 1 fully saturated rings. The van der Waals surface area contributed by atoms with Gasteiger partial charge in [0.25, 0.3) is 0 Å². The zero-order valence-electron chi connectivity index (χ0n) is 9.39. The van der Waals surface area contributed by atoms with Crippen molar-refractivity contribution in [3.63, 3.8) is 0 Å². The zero-order valence-corrected chi connectivity index (χ0v) is 9.39. The van der Waals surface area contributed by atoms with E-state index in [1.807, 2.05) is 37.3 Å². The molecule has 1 saturated heterocycles. The first-order chi connectivity index (χ1) is 7.72. The molecule has 0 amide bonds. The van der Waals surface area contributed by atoms with E-state index in [0.717, 1.165) is 5.56 Å². The smallest absolute Gasteiger partial charge is 0.139 e. The number of hydrogen-bond acceptors (Lipinski definition) is 3. The number of nitrogens with one attached hydrogen (secondary N) is 1. The Balaban J connectivity index is 2.16. The van der Waals surface area contributed by atoms with Gasteiger partial charge in [0, 0.05) is 24.4 Å². The molecule has 16 heavy (non-hydrogen) atoms. The number of carbonyl (C=O) groups excluding carboxylic acids is 1. The maximum atomic E-state index is 11.8. The summed E-state index contributed by atoms with van der Waals surface area (Å²) in [5.74, 6) is 0.136. The number of Topliss-reactive ketones (excluding diaryl/α,β-unsaturated/α-hetero) is 1. The number of benzene rings is 1. The third kappa shape index (κ3) is 2.15. The van der Waals surface area contributed by atoms with E-state index in [1.165, 1.54) is 0 Å². The molecule has 1 aliphatic rings. The van der Waals surface area contributed by atoms with Gasteiger partial charge in [0.1, 0.15) is 5.78 Å². The number of piperidine rings is 1. The molecule has 2 rings (SSSR count). The maximum Gasteiger partial charge on any atom is 0.139 e. The molecule has 1 aromatic rings. The molecule has 2 N–H and O–H groups in total. The first kappa shape index (κ1) is 11.3. The molecule has 0 unspecified atom stereocenters. The van der Waals surface area contributed by atoms with Crippen LogP contribution in [0.25, 0.3) is 0 Å². The molecule has 1 heterocycles. The van der Waals surface area contributed by atoms with Crippen molar-refractivity contribution in [2.75, 3.05) is 6.61 Å². The minimum atomic E-state index is -0.119. The Hall–Kier alpha value is -1.19. The van der Waals surface area contributed by atoms with E-state index in [4.69, 9.17) is 0 Å². The summed E-state index contributed by atoms with van der Waals surface area (Å²) in [4.78, 5) is 11.8. The number of hydrogen-bond donors (Lipinski definition) is 2. The van der Waals surface area contributed by atoms with Crippen LogP contribution in [0.3, 0.4) is 0 Å². The van der Waals surface area contributed by atoms with Crippen molar-refractivity contribution < 1.29 is 9.90 Å². The van der Waals surface area contributed by atoms with E-state index < -0.39 is 0 Å². The summed E-state index contributed by atoms with van der Waals surface area (Å²) in [6.07, 6.45) is 0.516. The highest BCUT2D eigenvalue weighted by atomic mass is 16.3. The second-order valence-electron chi connectivity index (χ2n) is 4.38. The summed E-state index contributed by atoms with van der Waals surface area (Å²) >= 11 is 0. The van der Waals surface area contributed by atoms with Gasteiger partial charge in [0.2, 0.25) is 0 Å². The molecule has 3 heteroatoms. The molecule has 3 atom stereocenters. The second-order valence-corrected chi connectivity index (χ2v) is 4.38. The Morgan fingerprint density at radius 3 is 2.69 bits per heavy atom. The number of aliphatic hydroxyl groups is 1. The van der Waals surface area contributed by atoms with E-state index in [0.29, 0.717) is 6.42 Å². The minimum absolute atomic E-state index is 0.0102. The second kappa shape index (κ2) is 4.76. The maximum absolute atomic E-state index is 11.8. The molecule has 86 valence electrons. The van der Waals surface area contributed by atoms with Crippen LogP contribution in [0, 0.1) is 5.92 Å². The highest BCUT2D eigenvalue weighted by molar-refractivity contribution is 5.83. The van der Waals surface area contributed by atoms with Crippen LogP contribution >= 0.6 is 0 Å². The van der Waals surface area contributed by atoms with Gasteiger partial charge >= 0.3 is 0 Å². The van der Waals surface area contributed by atoms with Crippen LogP contribution in [0.1, 0.15) is 24.9 Å². The summed E-state index contributed by atoms with van der Waals surface area (Å²) in [6, 6.07) is 9.83. The molecule has 1 aromatic carbocycles. The summed E-state index contributed by atoms with van der Waals surface area (Å²) in [5, 5.41) is 12.6. The normalized spacial score (nSPS) is 30.4. The fourth-order valence-electron chi connectivity index (χ4n) is 2.18. The lowest BCUT2D eigenvalue weighted by atomic mass is 9.85. The predicted molar refractivity (Wildman–Crippen MR) is 62.0 cm³/mol. The zero-order chi connectivity index (χ0) is 11.5. The molecule has 0 radical (unpaired) electrons. The lowest BCUT2D eigenvalue weighted by Gasteiger charge is -2.34. The molecule has 1 aliphatic heterocycles. The van der Waals surface area contributed by atoms with Crippen molar-refractivity contribution in [3.05, 3.63) is 35.9 Å². The van der Waals surface area contributed by atoms with Gasteiger partial charge in [-0.25, -0.2) is 0 Å². The highest BCUT2D eigenvalue weighted by Crippen LogP contribution is 2.26. The van der Waals surface area contributed by atoms with Crippen LogP contribution in [0.4, 0.5) is 0 Å². The third-order valence-corrected chi connectivity index (χ3v) is 3.33. The lowest BCUT2D eigenvalue weighted by Crippen LogP contribution is -2.48. The first-order valence-electron chi connectivity index (χ1n) is 5.67. The summed E-state index contributed by atoms with van der Waals surface area (Å²) in [6.45, 7) is 1.88.